The van der Waals surface area contributed by atoms with E-state index in [1.165, 1.54) is 14.2 Å². The first kappa shape index (κ1) is 29.8. The smallest absolute Gasteiger partial charge is 0.407 e. The molecule has 204 valence electrons. The molecule has 0 spiro atoms. The first-order valence-electron chi connectivity index (χ1n) is 12.2. The molecule has 10 nitrogen and oxygen atoms in total. The number of imidazole rings is 1. The van der Waals surface area contributed by atoms with Crippen molar-refractivity contribution in [2.75, 3.05) is 14.2 Å². The van der Waals surface area contributed by atoms with Crippen LogP contribution in [0.4, 0.5) is 4.79 Å². The molecule has 2 atom stereocenters. The van der Waals surface area contributed by atoms with E-state index in [0.29, 0.717) is 12.1 Å². The number of hydroxylamine groups is 2. The summed E-state index contributed by atoms with van der Waals surface area (Å²) in [6, 6.07) is 7.13. The molecule has 2 amide bonds. The van der Waals surface area contributed by atoms with Crippen molar-refractivity contribution in [3.8, 4) is 11.3 Å². The second kappa shape index (κ2) is 11.8. The third-order valence-corrected chi connectivity index (χ3v) is 5.94. The number of alkyl carbamates (subject to hydrolysis) is 1. The predicted molar refractivity (Wildman–Crippen MR) is 140 cm³/mol. The van der Waals surface area contributed by atoms with Crippen LogP contribution in [0.25, 0.3) is 11.3 Å². The van der Waals surface area contributed by atoms with Crippen molar-refractivity contribution in [2.45, 2.75) is 66.0 Å². The summed E-state index contributed by atoms with van der Waals surface area (Å²) in [4.78, 5) is 46.4. The van der Waals surface area contributed by atoms with Crippen molar-refractivity contribution < 1.29 is 29.1 Å². The highest BCUT2D eigenvalue weighted by Gasteiger charge is 2.34. The van der Waals surface area contributed by atoms with Crippen LogP contribution in [0.15, 0.2) is 30.5 Å². The van der Waals surface area contributed by atoms with Crippen LogP contribution < -0.4 is 5.32 Å². The molecule has 1 aromatic carbocycles. The lowest BCUT2D eigenvalue weighted by atomic mass is 9.76. The number of rotatable bonds is 9. The van der Waals surface area contributed by atoms with Gasteiger partial charge in [0.05, 0.1) is 18.7 Å². The highest BCUT2D eigenvalue weighted by Crippen LogP contribution is 2.31. The molecule has 0 aliphatic rings. The first-order valence-corrected chi connectivity index (χ1v) is 12.2. The van der Waals surface area contributed by atoms with Crippen molar-refractivity contribution in [1.82, 2.24) is 19.9 Å². The van der Waals surface area contributed by atoms with E-state index in [0.717, 1.165) is 16.2 Å². The van der Waals surface area contributed by atoms with E-state index in [-0.39, 0.29) is 18.2 Å². The van der Waals surface area contributed by atoms with Gasteiger partial charge in [-0.25, -0.2) is 14.8 Å². The highest BCUT2D eigenvalue weighted by atomic mass is 16.7. The quantitative estimate of drug-likeness (QED) is 0.477. The lowest BCUT2D eigenvalue weighted by Gasteiger charge is -2.31. The van der Waals surface area contributed by atoms with Crippen molar-refractivity contribution in [3.05, 3.63) is 41.9 Å². The molecule has 1 unspecified atom stereocenters. The molecular formula is C27H40N4O6. The summed E-state index contributed by atoms with van der Waals surface area (Å²) in [5, 5.41) is 13.8. The molecule has 1 heterocycles. The lowest BCUT2D eigenvalue weighted by molar-refractivity contribution is -0.146. The fraction of sp³-hybridized carbons (Fsp3) is 0.556. The Kier molecular flexibility index (Phi) is 9.49. The number of nitrogens with zero attached hydrogens (tertiary/aromatic N) is 3. The molecule has 0 aliphatic carbocycles. The maximum Gasteiger partial charge on any atom is 0.407 e. The summed E-state index contributed by atoms with van der Waals surface area (Å²) in [7, 11) is 4.66. The summed E-state index contributed by atoms with van der Waals surface area (Å²) in [6.07, 6.45) is 1.85. The Morgan fingerprint density at radius 3 is 2.19 bits per heavy atom. The molecule has 0 saturated carbocycles. The fourth-order valence-corrected chi connectivity index (χ4v) is 3.90. The zero-order chi connectivity index (χ0) is 28.1. The third-order valence-electron chi connectivity index (χ3n) is 5.94. The largest absolute Gasteiger partial charge is 0.481 e. The molecule has 2 rings (SSSR count). The molecule has 2 aromatic rings. The van der Waals surface area contributed by atoms with Crippen molar-refractivity contribution in [2.24, 2.45) is 18.4 Å². The van der Waals surface area contributed by atoms with E-state index in [4.69, 9.17) is 9.57 Å². The van der Waals surface area contributed by atoms with Crippen LogP contribution in [0.5, 0.6) is 0 Å². The third kappa shape index (κ3) is 8.59. The number of carbonyl (C=O) groups is 3. The number of ether oxygens (including phenoxy) is 1. The van der Waals surface area contributed by atoms with Gasteiger partial charge < -0.3 is 19.7 Å². The zero-order valence-corrected chi connectivity index (χ0v) is 23.3. The summed E-state index contributed by atoms with van der Waals surface area (Å²) in [5.41, 5.74) is 1.19. The van der Waals surface area contributed by atoms with Gasteiger partial charge in [-0.2, -0.15) is 0 Å². The zero-order valence-electron chi connectivity index (χ0n) is 23.3. The second-order valence-electron chi connectivity index (χ2n) is 11.3. The molecule has 2 N–H and O–H groups in total. The molecule has 0 saturated heterocycles. The number of aryl methyl sites for hydroxylation is 1. The van der Waals surface area contributed by atoms with Crippen LogP contribution >= 0.6 is 0 Å². The molecule has 0 bridgehead atoms. The van der Waals surface area contributed by atoms with E-state index in [2.05, 4.69) is 10.3 Å². The van der Waals surface area contributed by atoms with Gasteiger partial charge >= 0.3 is 18.0 Å². The molecule has 0 radical (unpaired) electrons. The van der Waals surface area contributed by atoms with Crippen molar-refractivity contribution in [3.63, 3.8) is 0 Å². The van der Waals surface area contributed by atoms with Gasteiger partial charge in [0.1, 0.15) is 5.60 Å². The maximum absolute atomic E-state index is 12.5. The van der Waals surface area contributed by atoms with Gasteiger partial charge in [-0.05, 0) is 44.6 Å². The van der Waals surface area contributed by atoms with Crippen LogP contribution in [0.1, 0.15) is 64.1 Å². The molecular weight excluding hydrogens is 476 g/mol. The molecule has 0 aliphatic heterocycles. The van der Waals surface area contributed by atoms with Crippen LogP contribution in [0, 0.1) is 11.3 Å². The Labute approximate surface area is 218 Å². The minimum absolute atomic E-state index is 0.243. The number of aliphatic carboxylic acids is 1. The SMILES string of the molecule is CON(C)C(=O)c1nc(-c2ccc(C[C@@H](CC(C(=O)O)C(C)(C)C)NC(=O)OC(C)(C)C)cc2)cn1C. The number of benzene rings is 1. The highest BCUT2D eigenvalue weighted by molar-refractivity contribution is 5.90. The topological polar surface area (TPSA) is 123 Å². The standard InChI is InChI=1S/C27H40N4O6/c1-26(2,3)20(24(33)34)15-19(28-25(35)37-27(4,5)6)14-17-10-12-18(13-11-17)21-16-30(7)22(29-21)23(32)31(8)36-9/h10-13,16,19-20H,14-15H2,1-9H3,(H,28,35)(H,33,34)/t19-,20?/m0/s1. The summed E-state index contributed by atoms with van der Waals surface area (Å²) >= 11 is 0. The van der Waals surface area contributed by atoms with Crippen molar-refractivity contribution >= 4 is 18.0 Å². The van der Waals surface area contributed by atoms with Crippen molar-refractivity contribution in [1.29, 1.82) is 0 Å². The number of amides is 2. The Hall–Kier alpha value is -3.40. The van der Waals surface area contributed by atoms with Gasteiger partial charge in [-0.15, -0.1) is 0 Å². The van der Waals surface area contributed by atoms with E-state index < -0.39 is 35.0 Å². The minimum Gasteiger partial charge on any atom is -0.481 e. The fourth-order valence-electron chi connectivity index (χ4n) is 3.90. The summed E-state index contributed by atoms with van der Waals surface area (Å²) in [5.74, 6) is -1.69. The minimum atomic E-state index is -0.904. The lowest BCUT2D eigenvalue weighted by Crippen LogP contribution is -2.43. The number of aromatic nitrogens is 2. The second-order valence-corrected chi connectivity index (χ2v) is 11.3. The first-order chi connectivity index (χ1) is 17.0. The van der Waals surface area contributed by atoms with Gasteiger partial charge in [0.15, 0.2) is 0 Å². The van der Waals surface area contributed by atoms with E-state index in [1.54, 1.807) is 38.6 Å². The Balaban J connectivity index is 2.26. The molecule has 0 fully saturated rings. The number of hydrogen-bond donors (Lipinski definition) is 2. The monoisotopic (exact) mass is 516 g/mol. The van der Waals surface area contributed by atoms with E-state index >= 15 is 0 Å². The average Bonchev–Trinajstić information content (AvgIpc) is 3.15. The van der Waals surface area contributed by atoms with Gasteiger partial charge in [-0.1, -0.05) is 45.0 Å². The Morgan fingerprint density at radius 1 is 1.11 bits per heavy atom. The summed E-state index contributed by atoms with van der Waals surface area (Å²) < 4.78 is 7.06. The predicted octanol–water partition coefficient (Wildman–Crippen LogP) is 4.29. The number of hydrogen-bond acceptors (Lipinski definition) is 6. The molecule has 10 heteroatoms. The Bertz CT molecular complexity index is 1100. The number of carbonyl (C=O) groups excluding carboxylic acids is 2. The average molecular weight is 517 g/mol. The van der Waals surface area contributed by atoms with Gasteiger partial charge in [0, 0.05) is 31.9 Å². The number of carboxylic acids is 1. The normalized spacial score (nSPS) is 13.5. The van der Waals surface area contributed by atoms with Gasteiger partial charge in [-0.3, -0.25) is 14.4 Å². The van der Waals surface area contributed by atoms with Crippen LogP contribution in [0.3, 0.4) is 0 Å². The number of carboxylic acid groups (broad SMARTS) is 1. The van der Waals surface area contributed by atoms with E-state index in [9.17, 15) is 19.5 Å². The van der Waals surface area contributed by atoms with Crippen LogP contribution in [0.2, 0.25) is 0 Å². The Morgan fingerprint density at radius 2 is 1.70 bits per heavy atom. The van der Waals surface area contributed by atoms with E-state index in [1.807, 2.05) is 45.0 Å². The molecule has 37 heavy (non-hydrogen) atoms. The number of nitrogens with one attached hydrogen (secondary N) is 1. The maximum atomic E-state index is 12.5. The van der Waals surface area contributed by atoms with Gasteiger partial charge in [0.2, 0.25) is 5.82 Å². The molecule has 1 aromatic heterocycles. The van der Waals surface area contributed by atoms with Gasteiger partial charge in [0.25, 0.3) is 0 Å². The summed E-state index contributed by atoms with van der Waals surface area (Å²) in [6.45, 7) is 11.0. The van der Waals surface area contributed by atoms with Crippen LogP contribution in [-0.4, -0.2) is 63.5 Å². The van der Waals surface area contributed by atoms with Crippen LogP contribution in [-0.2, 0) is 27.8 Å².